The topological polar surface area (TPSA) is 97.8 Å². The third kappa shape index (κ3) is 3.22. The van der Waals surface area contributed by atoms with Crippen LogP contribution < -0.4 is 0 Å². The van der Waals surface area contributed by atoms with Gasteiger partial charge in [-0.2, -0.15) is 0 Å². The molecule has 1 amide bonds. The number of ether oxygens (including phenoxy) is 1. The summed E-state index contributed by atoms with van der Waals surface area (Å²) in [5, 5.41) is 21.2. The average Bonchev–Trinajstić information content (AvgIpc) is 2.80. The second-order valence-corrected chi connectivity index (χ2v) is 5.39. The molecule has 1 aliphatic heterocycles. The normalized spacial score (nSPS) is 17.5. The number of amides is 1. The Morgan fingerprint density at radius 1 is 1.52 bits per heavy atom. The predicted octanol–water partition coefficient (Wildman–Crippen LogP) is 0.547. The van der Waals surface area contributed by atoms with Gasteiger partial charge in [0, 0.05) is 45.7 Å². The Morgan fingerprint density at radius 2 is 2.14 bits per heavy atom. The Morgan fingerprint density at radius 3 is 2.67 bits per heavy atom. The van der Waals surface area contributed by atoms with Gasteiger partial charge in [-0.05, 0) is 11.0 Å². The second-order valence-electron chi connectivity index (χ2n) is 5.39. The highest BCUT2D eigenvalue weighted by Gasteiger charge is 2.34. The summed E-state index contributed by atoms with van der Waals surface area (Å²) in [4.78, 5) is 24.0. The van der Waals surface area contributed by atoms with Crippen LogP contribution >= 0.6 is 0 Å². The van der Waals surface area contributed by atoms with Gasteiger partial charge in [0.25, 0.3) is 5.91 Å². The molecule has 2 rings (SSSR count). The predicted molar refractivity (Wildman–Crippen MR) is 74.0 cm³/mol. The van der Waals surface area contributed by atoms with Crippen molar-refractivity contribution in [2.24, 2.45) is 7.05 Å². The van der Waals surface area contributed by atoms with E-state index in [4.69, 9.17) is 4.74 Å². The van der Waals surface area contributed by atoms with E-state index >= 15 is 0 Å². The number of hydrogen-bond donors (Lipinski definition) is 1. The quantitative estimate of drug-likeness (QED) is 0.646. The van der Waals surface area contributed by atoms with Crippen LogP contribution in [-0.2, 0) is 11.8 Å². The zero-order valence-corrected chi connectivity index (χ0v) is 12.1. The van der Waals surface area contributed by atoms with Gasteiger partial charge in [0.2, 0.25) is 0 Å². The minimum absolute atomic E-state index is 0.142. The van der Waals surface area contributed by atoms with E-state index in [0.717, 1.165) is 0 Å². The number of carbonyl (C=O) groups excluding carboxylic acids is 1. The summed E-state index contributed by atoms with van der Waals surface area (Å²) >= 11 is 0. The van der Waals surface area contributed by atoms with Crippen LogP contribution in [0.25, 0.3) is 0 Å². The number of nitro groups is 1. The summed E-state index contributed by atoms with van der Waals surface area (Å²) in [5.74, 6) is -0.498. The number of aliphatic hydroxyl groups is 1. The van der Waals surface area contributed by atoms with Gasteiger partial charge in [-0.3, -0.25) is 4.79 Å². The molecular formula is C13H19N3O5. The fourth-order valence-electron chi connectivity index (χ4n) is 2.52. The van der Waals surface area contributed by atoms with Gasteiger partial charge < -0.3 is 24.9 Å². The highest BCUT2D eigenvalue weighted by atomic mass is 16.6. The molecule has 0 atom stereocenters. The van der Waals surface area contributed by atoms with Crippen LogP contribution in [-0.4, -0.2) is 57.8 Å². The highest BCUT2D eigenvalue weighted by molar-refractivity contribution is 5.93. The van der Waals surface area contributed by atoms with Crippen molar-refractivity contribution >= 4 is 11.7 Å². The molecule has 0 unspecified atom stereocenters. The van der Waals surface area contributed by atoms with Crippen molar-refractivity contribution in [3.63, 3.8) is 0 Å². The van der Waals surface area contributed by atoms with Gasteiger partial charge in [-0.25, -0.2) is 4.57 Å². The molecule has 1 saturated heterocycles. The first kappa shape index (κ1) is 15.5. The molecular weight excluding hydrogens is 278 g/mol. The fourth-order valence-corrected chi connectivity index (χ4v) is 2.52. The Labute approximate surface area is 122 Å². The van der Waals surface area contributed by atoms with Crippen LogP contribution in [0.5, 0.6) is 0 Å². The molecule has 1 aliphatic rings. The summed E-state index contributed by atoms with van der Waals surface area (Å²) < 4.78 is 6.44. The third-order valence-corrected chi connectivity index (χ3v) is 3.80. The zero-order valence-electron chi connectivity index (χ0n) is 12.1. The molecule has 1 aromatic heterocycles. The summed E-state index contributed by atoms with van der Waals surface area (Å²) in [7, 11) is 3.05. The standard InChI is InChI=1S/C13H19N3O5/c1-14(9-13(18)5-7-21-8-6-13)12(17)10-3-4-11(15(10)2)16(19)20/h3-4,18H,5-9H2,1-2H3. The number of likely N-dealkylation sites (N-methyl/N-ethyl adjacent to an activating group) is 1. The number of carbonyl (C=O) groups is 1. The maximum Gasteiger partial charge on any atom is 0.323 e. The van der Waals surface area contributed by atoms with Crippen LogP contribution in [0.1, 0.15) is 23.3 Å². The summed E-state index contributed by atoms with van der Waals surface area (Å²) in [6, 6.07) is 2.72. The second kappa shape index (κ2) is 5.82. The first-order chi connectivity index (χ1) is 9.84. The monoisotopic (exact) mass is 297 g/mol. The molecule has 2 heterocycles. The van der Waals surface area contributed by atoms with Crippen LogP contribution in [0.3, 0.4) is 0 Å². The van der Waals surface area contributed by atoms with E-state index in [1.165, 1.54) is 28.6 Å². The van der Waals surface area contributed by atoms with Gasteiger partial charge in [0.15, 0.2) is 5.69 Å². The maximum atomic E-state index is 12.4. The van der Waals surface area contributed by atoms with Crippen molar-refractivity contribution in [2.75, 3.05) is 26.8 Å². The SMILES string of the molecule is CN(CC1(O)CCOCC1)C(=O)c1ccc([N+](=O)[O-])n1C. The van der Waals surface area contributed by atoms with E-state index in [0.29, 0.717) is 26.1 Å². The molecule has 21 heavy (non-hydrogen) atoms. The lowest BCUT2D eigenvalue weighted by molar-refractivity contribution is -0.391. The Kier molecular flexibility index (Phi) is 4.29. The largest absolute Gasteiger partial charge is 0.388 e. The van der Waals surface area contributed by atoms with Crippen LogP contribution in [0, 0.1) is 10.1 Å². The molecule has 1 N–H and O–H groups in total. The molecule has 0 radical (unpaired) electrons. The van der Waals surface area contributed by atoms with E-state index < -0.39 is 10.5 Å². The molecule has 0 bridgehead atoms. The number of rotatable bonds is 4. The third-order valence-electron chi connectivity index (χ3n) is 3.80. The molecule has 1 fully saturated rings. The van der Waals surface area contributed by atoms with Crippen molar-refractivity contribution in [2.45, 2.75) is 18.4 Å². The lowest BCUT2D eigenvalue weighted by atomic mass is 9.94. The van der Waals surface area contributed by atoms with E-state index in [1.807, 2.05) is 0 Å². The number of hydrogen-bond acceptors (Lipinski definition) is 5. The Balaban J connectivity index is 2.10. The first-order valence-electron chi connectivity index (χ1n) is 6.70. The smallest absolute Gasteiger partial charge is 0.323 e. The number of nitrogens with zero attached hydrogens (tertiary/aromatic N) is 3. The van der Waals surface area contributed by atoms with Gasteiger partial charge in [-0.15, -0.1) is 0 Å². The van der Waals surface area contributed by atoms with E-state index in [-0.39, 0.29) is 24.0 Å². The van der Waals surface area contributed by atoms with Crippen LogP contribution in [0.2, 0.25) is 0 Å². The number of aromatic nitrogens is 1. The molecule has 8 heteroatoms. The molecule has 1 aromatic rings. The lowest BCUT2D eigenvalue weighted by Gasteiger charge is -2.35. The first-order valence-corrected chi connectivity index (χ1v) is 6.70. The minimum Gasteiger partial charge on any atom is -0.388 e. The van der Waals surface area contributed by atoms with E-state index in [1.54, 1.807) is 7.05 Å². The van der Waals surface area contributed by atoms with Crippen LogP contribution in [0.4, 0.5) is 5.82 Å². The van der Waals surface area contributed by atoms with Crippen molar-refractivity contribution in [1.82, 2.24) is 9.47 Å². The Bertz CT molecular complexity index is 548. The van der Waals surface area contributed by atoms with Crippen molar-refractivity contribution in [1.29, 1.82) is 0 Å². The molecule has 8 nitrogen and oxygen atoms in total. The molecule has 0 aliphatic carbocycles. The highest BCUT2D eigenvalue weighted by Crippen LogP contribution is 2.23. The van der Waals surface area contributed by atoms with E-state index in [9.17, 15) is 20.0 Å². The fraction of sp³-hybridized carbons (Fsp3) is 0.615. The molecule has 116 valence electrons. The summed E-state index contributed by atoms with van der Waals surface area (Å²) in [6.45, 7) is 1.11. The average molecular weight is 297 g/mol. The van der Waals surface area contributed by atoms with Gasteiger partial charge in [0.05, 0.1) is 12.6 Å². The van der Waals surface area contributed by atoms with Gasteiger partial charge in [0.1, 0.15) is 0 Å². The van der Waals surface area contributed by atoms with Gasteiger partial charge >= 0.3 is 5.82 Å². The minimum atomic E-state index is -0.959. The van der Waals surface area contributed by atoms with Gasteiger partial charge in [-0.1, -0.05) is 0 Å². The summed E-state index contributed by atoms with van der Waals surface area (Å²) in [5.41, 5.74) is -0.736. The lowest BCUT2D eigenvalue weighted by Crippen LogP contribution is -2.47. The molecule has 0 spiro atoms. The van der Waals surface area contributed by atoms with Crippen molar-refractivity contribution < 1.29 is 19.6 Å². The maximum absolute atomic E-state index is 12.4. The van der Waals surface area contributed by atoms with Crippen LogP contribution in [0.15, 0.2) is 12.1 Å². The Hall–Kier alpha value is -1.93. The zero-order chi connectivity index (χ0) is 15.6. The van der Waals surface area contributed by atoms with E-state index in [2.05, 4.69) is 0 Å². The molecule has 0 aromatic carbocycles. The molecule has 0 saturated carbocycles. The van der Waals surface area contributed by atoms with Crippen molar-refractivity contribution in [3.8, 4) is 0 Å². The summed E-state index contributed by atoms with van der Waals surface area (Å²) in [6.07, 6.45) is 0.940. The van der Waals surface area contributed by atoms with Crippen molar-refractivity contribution in [3.05, 3.63) is 27.9 Å².